The molecule has 146 valence electrons. The fourth-order valence-electron chi connectivity index (χ4n) is 2.61. The quantitative estimate of drug-likeness (QED) is 0.590. The fourth-order valence-corrected chi connectivity index (χ4v) is 2.61. The van der Waals surface area contributed by atoms with E-state index in [1.54, 1.807) is 26.0 Å². The van der Waals surface area contributed by atoms with Crippen LogP contribution >= 0.6 is 0 Å². The van der Waals surface area contributed by atoms with E-state index in [9.17, 15) is 14.4 Å². The molecule has 0 aliphatic heterocycles. The normalized spacial score (nSPS) is 10.9. The Bertz CT molecular complexity index is 897. The number of esters is 1. The van der Waals surface area contributed by atoms with Crippen LogP contribution in [0.15, 0.2) is 48.2 Å². The van der Waals surface area contributed by atoms with Crippen molar-refractivity contribution in [1.82, 2.24) is 5.32 Å². The van der Waals surface area contributed by atoms with Crippen molar-refractivity contribution in [3.05, 3.63) is 76.0 Å². The zero-order valence-corrected chi connectivity index (χ0v) is 15.9. The molecule has 0 fully saturated rings. The molecule has 0 atom stereocenters. The van der Waals surface area contributed by atoms with Gasteiger partial charge in [0.2, 0.25) is 5.91 Å². The Morgan fingerprint density at radius 1 is 1.07 bits per heavy atom. The first-order valence-corrected chi connectivity index (χ1v) is 8.50. The van der Waals surface area contributed by atoms with Gasteiger partial charge >= 0.3 is 12.1 Å². The molecule has 0 radical (unpaired) electrons. The van der Waals surface area contributed by atoms with E-state index < -0.39 is 18.0 Å². The summed E-state index contributed by atoms with van der Waals surface area (Å²) in [6.45, 7) is 3.61. The zero-order valence-electron chi connectivity index (χ0n) is 15.9. The summed E-state index contributed by atoms with van der Waals surface area (Å²) in [4.78, 5) is 35.6. The molecular weight excluding hydrogens is 360 g/mol. The van der Waals surface area contributed by atoms with E-state index in [4.69, 9.17) is 15.2 Å². The average Bonchev–Trinajstić information content (AvgIpc) is 2.68. The number of carbonyl (C=O) groups is 3. The molecule has 0 bridgehead atoms. The molecule has 0 aromatic heterocycles. The van der Waals surface area contributed by atoms with Crippen molar-refractivity contribution in [3.8, 4) is 0 Å². The molecule has 2 rings (SSSR count). The average molecular weight is 382 g/mol. The first-order valence-electron chi connectivity index (χ1n) is 8.50. The summed E-state index contributed by atoms with van der Waals surface area (Å²) >= 11 is 0. The van der Waals surface area contributed by atoms with Crippen LogP contribution < -0.4 is 11.1 Å². The summed E-state index contributed by atoms with van der Waals surface area (Å²) < 4.78 is 9.88. The van der Waals surface area contributed by atoms with Gasteiger partial charge in [0, 0.05) is 5.56 Å². The van der Waals surface area contributed by atoms with E-state index in [1.807, 2.05) is 30.3 Å². The van der Waals surface area contributed by atoms with E-state index in [0.717, 1.165) is 16.7 Å². The monoisotopic (exact) mass is 382 g/mol. The highest BCUT2D eigenvalue weighted by Gasteiger charge is 2.16. The minimum absolute atomic E-state index is 0.0620. The van der Waals surface area contributed by atoms with Crippen LogP contribution in [-0.4, -0.2) is 25.1 Å². The largest absolute Gasteiger partial charge is 0.464 e. The van der Waals surface area contributed by atoms with Crippen LogP contribution in [0.2, 0.25) is 0 Å². The lowest BCUT2D eigenvalue weighted by atomic mass is 9.98. The zero-order chi connectivity index (χ0) is 20.7. The molecule has 3 N–H and O–H groups in total. The molecule has 0 spiro atoms. The maximum Gasteiger partial charge on any atom is 0.412 e. The standard InChI is InChI=1S/C21H22N2O5/c1-13-9-16(19(22)24)10-14(2)17(13)11-18(20(25)27-3)23-21(26)28-12-15-7-5-4-6-8-15/h4-11H,12H2,1-3H3,(H2,22,24)(H,23,26)/b18-11+. The molecule has 0 unspecified atom stereocenters. The number of aryl methyl sites for hydroxylation is 2. The van der Waals surface area contributed by atoms with E-state index in [2.05, 4.69) is 5.32 Å². The Labute approximate surface area is 163 Å². The second-order valence-corrected chi connectivity index (χ2v) is 6.12. The van der Waals surface area contributed by atoms with Gasteiger partial charge in [0.05, 0.1) is 7.11 Å². The van der Waals surface area contributed by atoms with Gasteiger partial charge in [0.1, 0.15) is 12.3 Å². The maximum absolute atomic E-state index is 12.1. The number of nitrogens with one attached hydrogen (secondary N) is 1. The number of benzene rings is 2. The smallest absolute Gasteiger partial charge is 0.412 e. The summed E-state index contributed by atoms with van der Waals surface area (Å²) in [6, 6.07) is 12.4. The van der Waals surface area contributed by atoms with Gasteiger partial charge in [-0.15, -0.1) is 0 Å². The van der Waals surface area contributed by atoms with Crippen molar-refractivity contribution in [3.63, 3.8) is 0 Å². The van der Waals surface area contributed by atoms with Crippen LogP contribution in [0, 0.1) is 13.8 Å². The minimum atomic E-state index is -0.787. The highest BCUT2D eigenvalue weighted by molar-refractivity contribution is 5.98. The highest BCUT2D eigenvalue weighted by Crippen LogP contribution is 2.20. The first kappa shape index (κ1) is 20.7. The van der Waals surface area contributed by atoms with Gasteiger partial charge < -0.3 is 15.2 Å². The van der Waals surface area contributed by atoms with Gasteiger partial charge in [-0.25, -0.2) is 9.59 Å². The summed E-state index contributed by atoms with van der Waals surface area (Å²) in [7, 11) is 1.21. The molecule has 2 aromatic rings. The third kappa shape index (κ3) is 5.44. The Morgan fingerprint density at radius 3 is 2.21 bits per heavy atom. The molecule has 7 heteroatoms. The van der Waals surface area contributed by atoms with Gasteiger partial charge in [0.25, 0.3) is 0 Å². The van der Waals surface area contributed by atoms with Gasteiger partial charge in [-0.1, -0.05) is 30.3 Å². The summed E-state index contributed by atoms with van der Waals surface area (Å²) in [5.74, 6) is -1.27. The third-order valence-electron chi connectivity index (χ3n) is 4.02. The van der Waals surface area contributed by atoms with Crippen molar-refractivity contribution < 1.29 is 23.9 Å². The highest BCUT2D eigenvalue weighted by atomic mass is 16.6. The SMILES string of the molecule is COC(=O)/C(=C\c1c(C)cc(C(N)=O)cc1C)NC(=O)OCc1ccccc1. The van der Waals surface area contributed by atoms with E-state index in [1.165, 1.54) is 13.2 Å². The molecule has 28 heavy (non-hydrogen) atoms. The third-order valence-corrected chi connectivity index (χ3v) is 4.02. The second-order valence-electron chi connectivity index (χ2n) is 6.12. The lowest BCUT2D eigenvalue weighted by Crippen LogP contribution is -2.28. The predicted octanol–water partition coefficient (Wildman–Crippen LogP) is 2.84. The van der Waals surface area contributed by atoms with Crippen molar-refractivity contribution in [2.24, 2.45) is 5.73 Å². The number of carbonyl (C=O) groups excluding carboxylic acids is 3. The molecule has 2 aromatic carbocycles. The lowest BCUT2D eigenvalue weighted by Gasteiger charge is -2.12. The Balaban J connectivity index is 2.22. The summed E-state index contributed by atoms with van der Waals surface area (Å²) in [6.07, 6.45) is 0.690. The maximum atomic E-state index is 12.1. The molecule has 7 nitrogen and oxygen atoms in total. The molecule has 0 heterocycles. The molecule has 0 aliphatic rings. The first-order chi connectivity index (χ1) is 13.3. The number of alkyl carbamates (subject to hydrolysis) is 1. The van der Waals surface area contributed by atoms with Gasteiger partial charge in [-0.3, -0.25) is 10.1 Å². The van der Waals surface area contributed by atoms with Crippen LogP contribution in [0.1, 0.15) is 32.6 Å². The summed E-state index contributed by atoms with van der Waals surface area (Å²) in [5.41, 5.74) is 8.51. The summed E-state index contributed by atoms with van der Waals surface area (Å²) in [5, 5.41) is 2.41. The Kier molecular flexibility index (Phi) is 6.92. The van der Waals surface area contributed by atoms with Crippen molar-refractivity contribution in [2.75, 3.05) is 7.11 Å². The number of hydrogen-bond acceptors (Lipinski definition) is 5. The number of rotatable bonds is 6. The minimum Gasteiger partial charge on any atom is -0.464 e. The Morgan fingerprint density at radius 2 is 1.68 bits per heavy atom. The Hall–Kier alpha value is -3.61. The number of amides is 2. The van der Waals surface area contributed by atoms with Gasteiger partial charge in [-0.2, -0.15) is 0 Å². The predicted molar refractivity (Wildman–Crippen MR) is 104 cm³/mol. The molecule has 0 saturated carbocycles. The van der Waals surface area contributed by atoms with Crippen LogP contribution in [0.5, 0.6) is 0 Å². The molecular formula is C21H22N2O5. The fraction of sp³-hybridized carbons (Fsp3) is 0.190. The van der Waals surface area contributed by atoms with E-state index >= 15 is 0 Å². The number of ether oxygens (including phenoxy) is 2. The van der Waals surface area contributed by atoms with Gasteiger partial charge in [-0.05, 0) is 54.3 Å². The number of primary amides is 1. The molecule has 2 amide bonds. The number of methoxy groups -OCH3 is 1. The number of nitrogens with two attached hydrogens (primary N) is 1. The van der Waals surface area contributed by atoms with Crippen molar-refractivity contribution in [2.45, 2.75) is 20.5 Å². The lowest BCUT2D eigenvalue weighted by molar-refractivity contribution is -0.136. The van der Waals surface area contributed by atoms with Gasteiger partial charge in [0.15, 0.2) is 0 Å². The topological polar surface area (TPSA) is 108 Å². The second kappa shape index (κ2) is 9.36. The molecule has 0 aliphatic carbocycles. The van der Waals surface area contributed by atoms with E-state index in [-0.39, 0.29) is 12.3 Å². The van der Waals surface area contributed by atoms with Crippen molar-refractivity contribution in [1.29, 1.82) is 0 Å². The van der Waals surface area contributed by atoms with Crippen LogP contribution in [0.25, 0.3) is 6.08 Å². The molecule has 0 saturated heterocycles. The van der Waals surface area contributed by atoms with Crippen LogP contribution in [0.4, 0.5) is 4.79 Å². The van der Waals surface area contributed by atoms with Crippen molar-refractivity contribution >= 4 is 24.0 Å². The van der Waals surface area contributed by atoms with E-state index in [0.29, 0.717) is 11.1 Å². The van der Waals surface area contributed by atoms with Crippen LogP contribution in [0.3, 0.4) is 0 Å². The number of hydrogen-bond donors (Lipinski definition) is 2. The van der Waals surface area contributed by atoms with Crippen LogP contribution in [-0.2, 0) is 20.9 Å².